The number of hydrogen-bond donors (Lipinski definition) is 1. The van der Waals surface area contributed by atoms with Crippen molar-refractivity contribution in [1.82, 2.24) is 14.8 Å². The van der Waals surface area contributed by atoms with Gasteiger partial charge >= 0.3 is 0 Å². The van der Waals surface area contributed by atoms with Gasteiger partial charge in [-0.25, -0.2) is 8.78 Å². The van der Waals surface area contributed by atoms with E-state index < -0.39 is 12.2 Å². The van der Waals surface area contributed by atoms with Crippen molar-refractivity contribution < 1.29 is 18.6 Å². The number of nitrogens with zero attached hydrogens (tertiary/aromatic N) is 3. The third kappa shape index (κ3) is 5.78. The zero-order chi connectivity index (χ0) is 24.2. The first-order chi connectivity index (χ1) is 17.1. The first-order valence-electron chi connectivity index (χ1n) is 11.5. The summed E-state index contributed by atoms with van der Waals surface area (Å²) in [6, 6.07) is 21.9. The van der Waals surface area contributed by atoms with Crippen molar-refractivity contribution in [2.75, 3.05) is 12.4 Å². The first-order valence-corrected chi connectivity index (χ1v) is 12.5. The van der Waals surface area contributed by atoms with Gasteiger partial charge in [-0.05, 0) is 60.4 Å². The van der Waals surface area contributed by atoms with Gasteiger partial charge in [0.1, 0.15) is 23.6 Å². The van der Waals surface area contributed by atoms with Crippen LogP contribution in [0.5, 0.6) is 0 Å². The summed E-state index contributed by atoms with van der Waals surface area (Å²) in [6.45, 7) is 0.0430. The third-order valence-electron chi connectivity index (χ3n) is 5.82. The molecule has 0 spiro atoms. The molecular weight excluding hydrogens is 468 g/mol. The van der Waals surface area contributed by atoms with Crippen LogP contribution >= 0.6 is 11.8 Å². The van der Waals surface area contributed by atoms with E-state index in [1.165, 1.54) is 36.0 Å². The van der Waals surface area contributed by atoms with Gasteiger partial charge in [-0.2, -0.15) is 0 Å². The van der Waals surface area contributed by atoms with Crippen LogP contribution in [0.25, 0.3) is 5.69 Å². The Hall–Kier alpha value is -3.07. The molecule has 8 heteroatoms. The molecule has 1 atom stereocenters. The van der Waals surface area contributed by atoms with E-state index in [-0.39, 0.29) is 18.2 Å². The lowest BCUT2D eigenvalue weighted by Gasteiger charge is -2.21. The predicted octanol–water partition coefficient (Wildman–Crippen LogP) is 5.68. The Labute approximate surface area is 206 Å². The highest BCUT2D eigenvalue weighted by molar-refractivity contribution is 7.99. The minimum absolute atomic E-state index is 0.0430. The maximum atomic E-state index is 13.4. The molecule has 1 N–H and O–H groups in total. The van der Waals surface area contributed by atoms with Gasteiger partial charge in [0.15, 0.2) is 5.16 Å². The van der Waals surface area contributed by atoms with Crippen molar-refractivity contribution in [3.8, 4) is 5.69 Å². The van der Waals surface area contributed by atoms with Gasteiger partial charge in [-0.3, -0.25) is 4.57 Å². The van der Waals surface area contributed by atoms with Crippen LogP contribution in [0, 0.1) is 11.6 Å². The average molecular weight is 494 g/mol. The van der Waals surface area contributed by atoms with Crippen molar-refractivity contribution >= 4 is 11.8 Å². The quantitative estimate of drug-likeness (QED) is 0.288. The summed E-state index contributed by atoms with van der Waals surface area (Å²) < 4.78 is 35.0. The lowest BCUT2D eigenvalue weighted by Crippen LogP contribution is -2.21. The zero-order valence-corrected chi connectivity index (χ0v) is 19.7. The summed E-state index contributed by atoms with van der Waals surface area (Å²) in [5.41, 5.74) is 2.44. The molecule has 180 valence electrons. The Morgan fingerprint density at radius 3 is 2.06 bits per heavy atom. The second-order valence-corrected chi connectivity index (χ2v) is 9.55. The van der Waals surface area contributed by atoms with Crippen LogP contribution in [-0.4, -0.2) is 38.3 Å². The Bertz CT molecular complexity index is 1200. The number of thioether (sulfide) groups is 1. The second kappa shape index (κ2) is 10.7. The molecule has 4 aromatic rings. The van der Waals surface area contributed by atoms with Gasteiger partial charge in [-0.15, -0.1) is 10.2 Å². The summed E-state index contributed by atoms with van der Waals surface area (Å²) in [6.07, 6.45) is 0.875. The average Bonchev–Trinajstić information content (AvgIpc) is 3.64. The molecule has 1 aliphatic carbocycles. The van der Waals surface area contributed by atoms with Gasteiger partial charge in [0.05, 0.1) is 12.7 Å². The molecule has 1 unspecified atom stereocenters. The highest BCUT2D eigenvalue weighted by Crippen LogP contribution is 2.41. The van der Waals surface area contributed by atoms with Crippen molar-refractivity contribution in [2.24, 2.45) is 0 Å². The lowest BCUT2D eigenvalue weighted by atomic mass is 10.0. The number of rotatable bonds is 10. The van der Waals surface area contributed by atoms with Gasteiger partial charge in [0.25, 0.3) is 0 Å². The fraction of sp³-hybridized carbons (Fsp3) is 0.259. The summed E-state index contributed by atoms with van der Waals surface area (Å²) in [7, 11) is 0. The number of ether oxygens (including phenoxy) is 1. The van der Waals surface area contributed by atoms with Crippen LogP contribution < -0.4 is 0 Å². The third-order valence-corrected chi connectivity index (χ3v) is 6.89. The van der Waals surface area contributed by atoms with Crippen LogP contribution in [-0.2, 0) is 4.74 Å². The molecule has 1 heterocycles. The normalized spacial score (nSPS) is 14.4. The van der Waals surface area contributed by atoms with E-state index in [0.717, 1.165) is 40.6 Å². The minimum Gasteiger partial charge on any atom is -0.390 e. The molecule has 0 radical (unpaired) electrons. The van der Waals surface area contributed by atoms with Crippen LogP contribution in [0.2, 0.25) is 0 Å². The maximum Gasteiger partial charge on any atom is 0.195 e. The monoisotopic (exact) mass is 493 g/mol. The second-order valence-electron chi connectivity index (χ2n) is 8.57. The minimum atomic E-state index is -0.784. The Kier molecular flexibility index (Phi) is 7.22. The lowest BCUT2D eigenvalue weighted by molar-refractivity contribution is 0.0154. The number of hydrogen-bond acceptors (Lipinski definition) is 5. The summed E-state index contributed by atoms with van der Waals surface area (Å²) in [5, 5.41) is 20.2. The van der Waals surface area contributed by atoms with Crippen LogP contribution in [0.4, 0.5) is 8.78 Å². The number of halogens is 2. The van der Waals surface area contributed by atoms with Crippen molar-refractivity contribution in [1.29, 1.82) is 0 Å². The molecule has 0 aliphatic heterocycles. The molecule has 5 nitrogen and oxygen atoms in total. The Morgan fingerprint density at radius 1 is 0.886 bits per heavy atom. The van der Waals surface area contributed by atoms with E-state index in [1.807, 2.05) is 30.3 Å². The Morgan fingerprint density at radius 2 is 1.49 bits per heavy atom. The fourth-order valence-corrected chi connectivity index (χ4v) is 4.75. The first kappa shape index (κ1) is 23.7. The summed E-state index contributed by atoms with van der Waals surface area (Å²) in [5.74, 6) is 1.04. The molecule has 5 rings (SSSR count). The maximum absolute atomic E-state index is 13.4. The highest BCUT2D eigenvalue weighted by Gasteiger charge is 2.31. The fourth-order valence-electron chi connectivity index (χ4n) is 3.89. The molecule has 1 saturated carbocycles. The van der Waals surface area contributed by atoms with Crippen molar-refractivity contribution in [3.63, 3.8) is 0 Å². The largest absolute Gasteiger partial charge is 0.390 e. The van der Waals surface area contributed by atoms with E-state index in [2.05, 4.69) is 14.8 Å². The van der Waals surface area contributed by atoms with Crippen molar-refractivity contribution in [3.05, 3.63) is 107 Å². The number of aliphatic hydroxyl groups is 1. The van der Waals surface area contributed by atoms with Crippen molar-refractivity contribution in [2.45, 2.75) is 36.1 Å². The van der Waals surface area contributed by atoms with Gasteiger partial charge < -0.3 is 9.84 Å². The van der Waals surface area contributed by atoms with E-state index >= 15 is 0 Å². The molecular formula is C27H25F2N3O2S. The van der Waals surface area contributed by atoms with E-state index in [1.54, 1.807) is 24.3 Å². The number of aliphatic hydroxyl groups excluding tert-OH is 1. The molecule has 0 saturated heterocycles. The Balaban J connectivity index is 1.27. The predicted molar refractivity (Wildman–Crippen MR) is 131 cm³/mol. The standard InChI is InChI=1S/C27H25F2N3O2S/c28-21-12-8-18(9-13-21)25(19-10-14-22(29)15-11-19)34-16-24(33)17-35-27-31-30-26(20-6-7-20)32(27)23-4-2-1-3-5-23/h1-5,8-15,20,24-25,33H,6-7,16-17H2. The molecule has 1 fully saturated rings. The smallest absolute Gasteiger partial charge is 0.195 e. The molecule has 1 aliphatic rings. The van der Waals surface area contributed by atoms with Crippen LogP contribution in [0.15, 0.2) is 84.0 Å². The highest BCUT2D eigenvalue weighted by atomic mass is 32.2. The van der Waals surface area contributed by atoms with Gasteiger partial charge in [-0.1, -0.05) is 54.2 Å². The molecule has 3 aromatic carbocycles. The van der Waals surface area contributed by atoms with Gasteiger partial charge in [0, 0.05) is 17.4 Å². The summed E-state index contributed by atoms with van der Waals surface area (Å²) >= 11 is 1.42. The molecule has 0 bridgehead atoms. The zero-order valence-electron chi connectivity index (χ0n) is 18.9. The van der Waals surface area contributed by atoms with Crippen LogP contribution in [0.3, 0.4) is 0 Å². The number of para-hydroxylation sites is 1. The van der Waals surface area contributed by atoms with E-state index in [0.29, 0.717) is 11.7 Å². The molecule has 0 amide bonds. The molecule has 1 aromatic heterocycles. The SMILES string of the molecule is OC(COC(c1ccc(F)cc1)c1ccc(F)cc1)CSc1nnc(C2CC2)n1-c1ccccc1. The summed E-state index contributed by atoms with van der Waals surface area (Å²) in [4.78, 5) is 0. The number of benzene rings is 3. The number of aromatic nitrogens is 3. The van der Waals surface area contributed by atoms with Gasteiger partial charge in [0.2, 0.25) is 0 Å². The molecule has 35 heavy (non-hydrogen) atoms. The topological polar surface area (TPSA) is 60.2 Å². The van der Waals surface area contributed by atoms with E-state index in [9.17, 15) is 13.9 Å². The van der Waals surface area contributed by atoms with Crippen LogP contribution in [0.1, 0.15) is 41.8 Å². The van der Waals surface area contributed by atoms with E-state index in [4.69, 9.17) is 4.74 Å².